The van der Waals surface area contributed by atoms with Crippen LogP contribution >= 0.6 is 11.6 Å². The number of nitrogen functional groups attached to an aromatic ring is 1. The van der Waals surface area contributed by atoms with Crippen LogP contribution in [-0.2, 0) is 0 Å². The Bertz CT molecular complexity index is 178. The Morgan fingerprint density at radius 1 is 1.50 bits per heavy atom. The molecule has 1 rings (SSSR count). The van der Waals surface area contributed by atoms with Crippen LogP contribution in [0.2, 0.25) is 5.02 Å². The molecule has 3 nitrogen and oxygen atoms in total. The van der Waals surface area contributed by atoms with Gasteiger partial charge >= 0.3 is 0 Å². The summed E-state index contributed by atoms with van der Waals surface area (Å²) in [5, 5.41) is 3.89. The molecule has 4 heteroatoms. The van der Waals surface area contributed by atoms with Gasteiger partial charge in [0.05, 0.1) is 0 Å². The second kappa shape index (κ2) is 4.17. The Balaban J connectivity index is 0.000000371. The van der Waals surface area contributed by atoms with E-state index in [2.05, 4.69) is 9.68 Å². The minimum atomic E-state index is 0.184. The molecule has 1 heterocycles. The second-order valence-electron chi connectivity index (χ2n) is 1.45. The van der Waals surface area contributed by atoms with Crippen LogP contribution in [0.15, 0.2) is 4.52 Å². The summed E-state index contributed by atoms with van der Waals surface area (Å²) in [5.41, 5.74) is 5.81. The molecule has 0 atom stereocenters. The Morgan fingerprint density at radius 3 is 2.10 bits per heavy atom. The Kier molecular flexibility index (Phi) is 3.88. The summed E-state index contributed by atoms with van der Waals surface area (Å²) in [4.78, 5) is 0. The minimum absolute atomic E-state index is 0.184. The molecule has 10 heavy (non-hydrogen) atoms. The zero-order valence-corrected chi connectivity index (χ0v) is 7.07. The van der Waals surface area contributed by atoms with Crippen LogP contribution in [0.25, 0.3) is 0 Å². The average Bonchev–Trinajstić information content (AvgIpc) is 2.25. The first kappa shape index (κ1) is 9.30. The van der Waals surface area contributed by atoms with Gasteiger partial charge in [0, 0.05) is 0 Å². The van der Waals surface area contributed by atoms with E-state index in [-0.39, 0.29) is 5.88 Å². The predicted octanol–water partition coefficient (Wildman–Crippen LogP) is 2.24. The number of aromatic nitrogens is 1. The topological polar surface area (TPSA) is 52.0 Å². The molecule has 0 radical (unpaired) electrons. The van der Waals surface area contributed by atoms with Crippen LogP contribution in [0, 0.1) is 6.92 Å². The lowest BCUT2D eigenvalue weighted by Gasteiger charge is -1.77. The van der Waals surface area contributed by atoms with Crippen molar-refractivity contribution < 1.29 is 4.52 Å². The molecule has 0 fully saturated rings. The van der Waals surface area contributed by atoms with E-state index in [0.29, 0.717) is 10.7 Å². The van der Waals surface area contributed by atoms with Crippen LogP contribution in [0.3, 0.4) is 0 Å². The Labute approximate surface area is 65.1 Å². The highest BCUT2D eigenvalue weighted by molar-refractivity contribution is 6.33. The number of aryl methyl sites for hydroxylation is 1. The van der Waals surface area contributed by atoms with E-state index in [1.807, 2.05) is 13.8 Å². The zero-order chi connectivity index (χ0) is 8.15. The Hall–Kier alpha value is -0.700. The lowest BCUT2D eigenvalue weighted by Crippen LogP contribution is -1.78. The van der Waals surface area contributed by atoms with Crippen molar-refractivity contribution in [2.24, 2.45) is 0 Å². The highest BCUT2D eigenvalue weighted by Crippen LogP contribution is 2.20. The molecule has 1 aromatic heterocycles. The van der Waals surface area contributed by atoms with E-state index < -0.39 is 0 Å². The van der Waals surface area contributed by atoms with Gasteiger partial charge in [-0.25, -0.2) is 0 Å². The highest BCUT2D eigenvalue weighted by Gasteiger charge is 2.03. The number of anilines is 1. The number of hydrogen-bond acceptors (Lipinski definition) is 3. The fourth-order valence-corrected chi connectivity index (χ4v) is 0.445. The molecule has 0 saturated carbocycles. The highest BCUT2D eigenvalue weighted by atomic mass is 35.5. The number of rotatable bonds is 0. The molecule has 0 bridgehead atoms. The van der Waals surface area contributed by atoms with Gasteiger partial charge in [-0.1, -0.05) is 30.6 Å². The van der Waals surface area contributed by atoms with Crippen LogP contribution in [0.1, 0.15) is 19.5 Å². The van der Waals surface area contributed by atoms with Gasteiger partial charge in [-0.05, 0) is 6.92 Å². The molecule has 0 amide bonds. The van der Waals surface area contributed by atoms with Crippen molar-refractivity contribution in [2.75, 3.05) is 5.73 Å². The average molecular weight is 163 g/mol. The van der Waals surface area contributed by atoms with Crippen molar-refractivity contribution in [1.29, 1.82) is 0 Å². The first-order valence-electron chi connectivity index (χ1n) is 3.09. The van der Waals surface area contributed by atoms with Gasteiger partial charge in [0.15, 0.2) is 0 Å². The third kappa shape index (κ3) is 1.92. The van der Waals surface area contributed by atoms with Gasteiger partial charge < -0.3 is 10.3 Å². The zero-order valence-electron chi connectivity index (χ0n) is 6.31. The van der Waals surface area contributed by atoms with Crippen LogP contribution < -0.4 is 5.73 Å². The smallest absolute Gasteiger partial charge is 0.241 e. The predicted molar refractivity (Wildman–Crippen MR) is 42.0 cm³/mol. The first-order valence-corrected chi connectivity index (χ1v) is 3.47. The van der Waals surface area contributed by atoms with Gasteiger partial charge in [0.2, 0.25) is 5.88 Å². The van der Waals surface area contributed by atoms with E-state index in [0.717, 1.165) is 0 Å². The monoisotopic (exact) mass is 162 g/mol. The summed E-state index contributed by atoms with van der Waals surface area (Å²) in [7, 11) is 0. The summed E-state index contributed by atoms with van der Waals surface area (Å²) in [6.07, 6.45) is 0. The van der Waals surface area contributed by atoms with Crippen molar-refractivity contribution in [2.45, 2.75) is 20.8 Å². The van der Waals surface area contributed by atoms with Gasteiger partial charge in [-0.15, -0.1) is 0 Å². The van der Waals surface area contributed by atoms with E-state index in [1.54, 1.807) is 6.92 Å². The third-order valence-corrected chi connectivity index (χ3v) is 1.27. The molecule has 0 aromatic carbocycles. The number of nitrogens with two attached hydrogens (primary N) is 1. The number of nitrogens with zero attached hydrogens (tertiary/aromatic N) is 1. The molecular formula is C6H11ClN2O. The lowest BCUT2D eigenvalue weighted by molar-refractivity contribution is 0.431. The minimum Gasteiger partial charge on any atom is -0.366 e. The van der Waals surface area contributed by atoms with E-state index in [1.165, 1.54) is 0 Å². The fourth-order valence-electron chi connectivity index (χ4n) is 0.376. The quantitative estimate of drug-likeness (QED) is 0.637. The second-order valence-corrected chi connectivity index (χ2v) is 1.82. The number of hydrogen-bond donors (Lipinski definition) is 1. The SMILES string of the molecule is CC.Cc1noc(N)c1Cl. The maximum Gasteiger partial charge on any atom is 0.241 e. The molecule has 0 spiro atoms. The normalized spacial score (nSPS) is 8.40. The molecule has 0 saturated heterocycles. The van der Waals surface area contributed by atoms with E-state index in [9.17, 15) is 0 Å². The molecular weight excluding hydrogens is 152 g/mol. The maximum atomic E-state index is 5.51. The largest absolute Gasteiger partial charge is 0.366 e. The van der Waals surface area contributed by atoms with Crippen molar-refractivity contribution >= 4 is 17.5 Å². The third-order valence-electron chi connectivity index (χ3n) is 0.815. The van der Waals surface area contributed by atoms with Crippen molar-refractivity contribution in [3.8, 4) is 0 Å². The molecule has 2 N–H and O–H groups in total. The maximum absolute atomic E-state index is 5.51. The molecule has 0 aliphatic carbocycles. The molecule has 0 unspecified atom stereocenters. The van der Waals surface area contributed by atoms with Gasteiger partial charge in [0.25, 0.3) is 0 Å². The summed E-state index contributed by atoms with van der Waals surface area (Å²) in [6.45, 7) is 5.72. The van der Waals surface area contributed by atoms with Crippen LogP contribution in [0.5, 0.6) is 0 Å². The lowest BCUT2D eigenvalue weighted by atomic mass is 10.5. The number of halogens is 1. The first-order chi connectivity index (χ1) is 4.72. The van der Waals surface area contributed by atoms with Crippen LogP contribution in [0.4, 0.5) is 5.88 Å². The molecule has 0 aliphatic heterocycles. The summed E-state index contributed by atoms with van der Waals surface area (Å²) in [6, 6.07) is 0. The fraction of sp³-hybridized carbons (Fsp3) is 0.500. The molecule has 58 valence electrons. The van der Waals surface area contributed by atoms with Gasteiger partial charge in [0.1, 0.15) is 10.7 Å². The van der Waals surface area contributed by atoms with E-state index in [4.69, 9.17) is 17.3 Å². The molecule has 0 aliphatic rings. The van der Waals surface area contributed by atoms with Gasteiger partial charge in [-0.2, -0.15) is 0 Å². The summed E-state index contributed by atoms with van der Waals surface area (Å²) >= 11 is 5.51. The summed E-state index contributed by atoms with van der Waals surface area (Å²) in [5.74, 6) is 0.184. The van der Waals surface area contributed by atoms with Gasteiger partial charge in [-0.3, -0.25) is 0 Å². The Morgan fingerprint density at radius 2 is 2.00 bits per heavy atom. The summed E-state index contributed by atoms with van der Waals surface area (Å²) < 4.78 is 4.49. The molecule has 1 aromatic rings. The van der Waals surface area contributed by atoms with E-state index >= 15 is 0 Å². The standard InChI is InChI=1S/C4H5ClN2O.C2H6/c1-2-3(5)4(6)8-7-2;1-2/h6H2,1H3;1-2H3. The van der Waals surface area contributed by atoms with Crippen molar-refractivity contribution in [3.63, 3.8) is 0 Å². The van der Waals surface area contributed by atoms with Crippen LogP contribution in [-0.4, -0.2) is 5.16 Å². The van der Waals surface area contributed by atoms with Crippen molar-refractivity contribution in [3.05, 3.63) is 10.7 Å². The van der Waals surface area contributed by atoms with Crippen molar-refractivity contribution in [1.82, 2.24) is 5.16 Å².